The molecule has 0 unspecified atom stereocenters. The molecule has 15 heavy (non-hydrogen) atoms. The van der Waals surface area contributed by atoms with Crippen LogP contribution in [-0.4, -0.2) is 38.4 Å². The Bertz CT molecular complexity index is 132. The van der Waals surface area contributed by atoms with Crippen LogP contribution < -0.4 is 10.6 Å². The molecule has 0 aromatic heterocycles. The van der Waals surface area contributed by atoms with Gasteiger partial charge in [-0.15, -0.1) is 0 Å². The second-order valence-electron chi connectivity index (χ2n) is 4.81. The van der Waals surface area contributed by atoms with Crippen LogP contribution in [0.3, 0.4) is 0 Å². The van der Waals surface area contributed by atoms with Crippen LogP contribution in [0.25, 0.3) is 0 Å². The minimum absolute atomic E-state index is 0.00956. The van der Waals surface area contributed by atoms with Crippen molar-refractivity contribution >= 4 is 0 Å². The Morgan fingerprint density at radius 3 is 2.07 bits per heavy atom. The first-order valence-electron chi connectivity index (χ1n) is 6.11. The fourth-order valence-electron chi connectivity index (χ4n) is 1.19. The third-order valence-electron chi connectivity index (χ3n) is 1.95. The van der Waals surface area contributed by atoms with Gasteiger partial charge in [-0.1, -0.05) is 6.92 Å². The molecule has 0 fully saturated rings. The number of hydrogen-bond acceptors (Lipinski definition) is 3. The van der Waals surface area contributed by atoms with Gasteiger partial charge in [-0.25, -0.2) is 0 Å². The maximum absolute atomic E-state index is 5.60. The maximum atomic E-state index is 5.60. The van der Waals surface area contributed by atoms with Crippen molar-refractivity contribution in [1.29, 1.82) is 0 Å². The van der Waals surface area contributed by atoms with Crippen LogP contribution in [0.5, 0.6) is 0 Å². The highest BCUT2D eigenvalue weighted by atomic mass is 16.5. The molecule has 0 atom stereocenters. The lowest BCUT2D eigenvalue weighted by Crippen LogP contribution is -2.28. The first-order chi connectivity index (χ1) is 7.06. The lowest BCUT2D eigenvalue weighted by molar-refractivity contribution is -0.000745. The van der Waals surface area contributed by atoms with E-state index in [1.165, 1.54) is 12.8 Å². The van der Waals surface area contributed by atoms with E-state index in [4.69, 9.17) is 4.74 Å². The molecule has 0 saturated heterocycles. The molecule has 0 spiro atoms. The highest BCUT2D eigenvalue weighted by Crippen LogP contribution is 2.04. The predicted molar refractivity (Wildman–Crippen MR) is 66.4 cm³/mol. The molecule has 3 nitrogen and oxygen atoms in total. The van der Waals surface area contributed by atoms with Gasteiger partial charge in [-0.2, -0.15) is 0 Å². The van der Waals surface area contributed by atoms with E-state index >= 15 is 0 Å². The summed E-state index contributed by atoms with van der Waals surface area (Å²) in [6.45, 7) is 13.5. The fraction of sp³-hybridized carbons (Fsp3) is 1.00. The van der Waals surface area contributed by atoms with Crippen LogP contribution in [0.15, 0.2) is 0 Å². The van der Waals surface area contributed by atoms with Gasteiger partial charge < -0.3 is 15.4 Å². The van der Waals surface area contributed by atoms with Crippen molar-refractivity contribution < 1.29 is 4.74 Å². The molecule has 0 aromatic carbocycles. The smallest absolute Gasteiger partial charge is 0.0599 e. The monoisotopic (exact) mass is 216 g/mol. The summed E-state index contributed by atoms with van der Waals surface area (Å²) in [6, 6.07) is 0. The number of hydrogen-bond donors (Lipinski definition) is 2. The Labute approximate surface area is 95.0 Å². The Morgan fingerprint density at radius 1 is 0.933 bits per heavy atom. The summed E-state index contributed by atoms with van der Waals surface area (Å²) in [5.74, 6) is 0. The summed E-state index contributed by atoms with van der Waals surface area (Å²) in [6.07, 6.45) is 2.41. The van der Waals surface area contributed by atoms with Gasteiger partial charge in [0.15, 0.2) is 0 Å². The van der Waals surface area contributed by atoms with Crippen molar-refractivity contribution in [1.82, 2.24) is 10.6 Å². The van der Waals surface area contributed by atoms with Gasteiger partial charge >= 0.3 is 0 Å². The minimum Gasteiger partial charge on any atom is -0.375 e. The Kier molecular flexibility index (Phi) is 9.06. The summed E-state index contributed by atoms with van der Waals surface area (Å²) in [7, 11) is 0. The number of ether oxygens (including phenoxy) is 1. The highest BCUT2D eigenvalue weighted by molar-refractivity contribution is 4.59. The summed E-state index contributed by atoms with van der Waals surface area (Å²) in [5.41, 5.74) is -0.00956. The average Bonchev–Trinajstić information content (AvgIpc) is 2.14. The molecule has 0 aliphatic heterocycles. The summed E-state index contributed by atoms with van der Waals surface area (Å²) in [4.78, 5) is 0. The van der Waals surface area contributed by atoms with Crippen LogP contribution in [0.1, 0.15) is 40.5 Å². The third kappa shape index (κ3) is 13.9. The Hall–Kier alpha value is -0.120. The van der Waals surface area contributed by atoms with Crippen molar-refractivity contribution in [3.05, 3.63) is 0 Å². The van der Waals surface area contributed by atoms with Crippen molar-refractivity contribution in [3.8, 4) is 0 Å². The molecule has 3 heteroatoms. The zero-order chi connectivity index (χ0) is 11.6. The SMILES string of the molecule is CCCNCCCNCCOC(C)(C)C. The largest absolute Gasteiger partial charge is 0.375 e. The lowest BCUT2D eigenvalue weighted by Gasteiger charge is -2.19. The molecule has 0 aromatic rings. The van der Waals surface area contributed by atoms with Crippen molar-refractivity contribution in [2.75, 3.05) is 32.8 Å². The molecule has 0 amide bonds. The van der Waals surface area contributed by atoms with E-state index in [9.17, 15) is 0 Å². The van der Waals surface area contributed by atoms with Gasteiger partial charge in [0.1, 0.15) is 0 Å². The van der Waals surface area contributed by atoms with Crippen LogP contribution in [0, 0.1) is 0 Å². The highest BCUT2D eigenvalue weighted by Gasteiger charge is 2.08. The van der Waals surface area contributed by atoms with E-state index in [0.29, 0.717) is 0 Å². The maximum Gasteiger partial charge on any atom is 0.0599 e. The molecule has 0 aliphatic rings. The van der Waals surface area contributed by atoms with Crippen LogP contribution in [0.2, 0.25) is 0 Å². The van der Waals surface area contributed by atoms with Crippen molar-refractivity contribution in [2.45, 2.75) is 46.1 Å². The van der Waals surface area contributed by atoms with E-state index in [1.54, 1.807) is 0 Å². The zero-order valence-electron chi connectivity index (χ0n) is 10.9. The van der Waals surface area contributed by atoms with Crippen LogP contribution in [0.4, 0.5) is 0 Å². The first kappa shape index (κ1) is 14.9. The Morgan fingerprint density at radius 2 is 1.53 bits per heavy atom. The number of rotatable bonds is 9. The molecule has 92 valence electrons. The normalized spacial score (nSPS) is 12.0. The van der Waals surface area contributed by atoms with Gasteiger partial charge in [0.2, 0.25) is 0 Å². The molecule has 0 radical (unpaired) electrons. The van der Waals surface area contributed by atoms with Gasteiger partial charge in [-0.3, -0.25) is 0 Å². The predicted octanol–water partition coefficient (Wildman–Crippen LogP) is 1.78. The molecular weight excluding hydrogens is 188 g/mol. The van der Waals surface area contributed by atoms with Crippen LogP contribution >= 0.6 is 0 Å². The Balaban J connectivity index is 2.99. The van der Waals surface area contributed by atoms with Gasteiger partial charge in [0.05, 0.1) is 12.2 Å². The molecular formula is C12H28N2O. The second kappa shape index (κ2) is 9.13. The standard InChI is InChI=1S/C12H28N2O/c1-5-7-13-8-6-9-14-10-11-15-12(2,3)4/h13-14H,5-11H2,1-4H3. The molecule has 0 aliphatic carbocycles. The topological polar surface area (TPSA) is 33.3 Å². The van der Waals surface area contributed by atoms with Gasteiger partial charge in [0.25, 0.3) is 0 Å². The summed E-state index contributed by atoms with van der Waals surface area (Å²) >= 11 is 0. The van der Waals surface area contributed by atoms with E-state index in [-0.39, 0.29) is 5.60 Å². The summed E-state index contributed by atoms with van der Waals surface area (Å²) in [5, 5.41) is 6.75. The minimum atomic E-state index is -0.00956. The van der Waals surface area contributed by atoms with Gasteiger partial charge in [-0.05, 0) is 53.2 Å². The zero-order valence-corrected chi connectivity index (χ0v) is 10.9. The summed E-state index contributed by atoms with van der Waals surface area (Å²) < 4.78 is 5.60. The van der Waals surface area contributed by atoms with E-state index in [1.807, 2.05) is 0 Å². The van der Waals surface area contributed by atoms with E-state index in [0.717, 1.165) is 32.8 Å². The second-order valence-corrected chi connectivity index (χ2v) is 4.81. The van der Waals surface area contributed by atoms with Crippen molar-refractivity contribution in [2.24, 2.45) is 0 Å². The van der Waals surface area contributed by atoms with E-state index in [2.05, 4.69) is 38.3 Å². The van der Waals surface area contributed by atoms with Crippen LogP contribution in [-0.2, 0) is 4.74 Å². The third-order valence-corrected chi connectivity index (χ3v) is 1.95. The van der Waals surface area contributed by atoms with Gasteiger partial charge in [0, 0.05) is 6.54 Å². The lowest BCUT2D eigenvalue weighted by atomic mass is 10.2. The molecule has 0 saturated carbocycles. The fourth-order valence-corrected chi connectivity index (χ4v) is 1.19. The first-order valence-corrected chi connectivity index (χ1v) is 6.11. The number of nitrogens with one attached hydrogen (secondary N) is 2. The molecule has 0 rings (SSSR count). The molecule has 2 N–H and O–H groups in total. The average molecular weight is 216 g/mol. The van der Waals surface area contributed by atoms with E-state index < -0.39 is 0 Å². The van der Waals surface area contributed by atoms with Crippen molar-refractivity contribution in [3.63, 3.8) is 0 Å². The molecule has 0 bridgehead atoms. The molecule has 0 heterocycles. The quantitative estimate of drug-likeness (QED) is 0.576.